The molecule has 0 aliphatic rings. The lowest BCUT2D eigenvalue weighted by Crippen LogP contribution is -1.75. The summed E-state index contributed by atoms with van der Waals surface area (Å²) in [6, 6.07) is 0. The molecule has 0 aliphatic carbocycles. The number of hydrogen-bond acceptors (Lipinski definition) is 2. The van der Waals surface area contributed by atoms with E-state index in [0.29, 0.717) is 0 Å². The summed E-state index contributed by atoms with van der Waals surface area (Å²) in [7, 11) is 0. The SMILES string of the molecule is C/C=C\C=C(/C)SN. The molecule has 0 aliphatic heterocycles. The summed E-state index contributed by atoms with van der Waals surface area (Å²) in [6.45, 7) is 3.95. The maximum Gasteiger partial charge on any atom is -0.00301 e. The van der Waals surface area contributed by atoms with Crippen LogP contribution in [0.3, 0.4) is 0 Å². The summed E-state index contributed by atoms with van der Waals surface area (Å²) in [5.74, 6) is 0. The molecule has 0 aromatic heterocycles. The van der Waals surface area contributed by atoms with Gasteiger partial charge in [0.2, 0.25) is 0 Å². The van der Waals surface area contributed by atoms with E-state index in [2.05, 4.69) is 0 Å². The Morgan fingerprint density at radius 3 is 2.62 bits per heavy atom. The second-order valence-corrected chi connectivity index (χ2v) is 2.30. The predicted octanol–water partition coefficient (Wildman–Crippen LogP) is 2.07. The molecular weight excluding hydrogens is 118 g/mol. The molecule has 0 aromatic carbocycles. The van der Waals surface area contributed by atoms with Crippen LogP contribution in [0.25, 0.3) is 0 Å². The smallest absolute Gasteiger partial charge is 0.00301 e. The second-order valence-electron chi connectivity index (χ2n) is 1.42. The normalized spacial score (nSPS) is 13.1. The summed E-state index contributed by atoms with van der Waals surface area (Å²) in [5, 5.41) is 5.23. The summed E-state index contributed by atoms with van der Waals surface area (Å²) < 4.78 is 0. The molecule has 0 saturated carbocycles. The van der Waals surface area contributed by atoms with Gasteiger partial charge in [-0.2, -0.15) is 0 Å². The minimum Gasteiger partial charge on any atom is -0.274 e. The first-order valence-corrected chi connectivity index (χ1v) is 3.35. The average molecular weight is 129 g/mol. The first-order valence-electron chi connectivity index (χ1n) is 2.47. The van der Waals surface area contributed by atoms with Gasteiger partial charge in [-0.1, -0.05) is 30.2 Å². The lowest BCUT2D eigenvalue weighted by atomic mass is 10.5. The van der Waals surface area contributed by atoms with E-state index in [-0.39, 0.29) is 0 Å². The van der Waals surface area contributed by atoms with Crippen molar-refractivity contribution < 1.29 is 0 Å². The molecule has 0 aromatic rings. The molecule has 2 N–H and O–H groups in total. The fourth-order valence-corrected chi connectivity index (χ4v) is 0.428. The fourth-order valence-electron chi connectivity index (χ4n) is 0.271. The van der Waals surface area contributed by atoms with Gasteiger partial charge < -0.3 is 0 Å². The van der Waals surface area contributed by atoms with E-state index in [1.807, 2.05) is 32.1 Å². The zero-order chi connectivity index (χ0) is 6.41. The molecule has 8 heavy (non-hydrogen) atoms. The summed E-state index contributed by atoms with van der Waals surface area (Å²) in [4.78, 5) is 1.13. The highest BCUT2D eigenvalue weighted by molar-refractivity contribution is 8.00. The molecule has 0 radical (unpaired) electrons. The van der Waals surface area contributed by atoms with Crippen LogP contribution in [0.15, 0.2) is 23.1 Å². The van der Waals surface area contributed by atoms with Gasteiger partial charge in [0.1, 0.15) is 0 Å². The minimum atomic E-state index is 1.13. The molecule has 0 atom stereocenters. The maximum absolute atomic E-state index is 5.23. The van der Waals surface area contributed by atoms with Gasteiger partial charge >= 0.3 is 0 Å². The highest BCUT2D eigenvalue weighted by Crippen LogP contribution is 2.04. The molecule has 0 fully saturated rings. The van der Waals surface area contributed by atoms with Crippen molar-refractivity contribution in [3.8, 4) is 0 Å². The van der Waals surface area contributed by atoms with Crippen LogP contribution in [-0.2, 0) is 0 Å². The number of hydrogen-bond donors (Lipinski definition) is 1. The van der Waals surface area contributed by atoms with Crippen molar-refractivity contribution >= 4 is 11.9 Å². The van der Waals surface area contributed by atoms with Crippen molar-refractivity contribution in [2.24, 2.45) is 5.14 Å². The van der Waals surface area contributed by atoms with Crippen LogP contribution in [0.4, 0.5) is 0 Å². The van der Waals surface area contributed by atoms with Crippen LogP contribution in [0.5, 0.6) is 0 Å². The van der Waals surface area contributed by atoms with E-state index in [0.717, 1.165) is 4.91 Å². The Bertz CT molecular complexity index is 105. The standard InChI is InChI=1S/C6H11NS/c1-3-4-5-6(2)8-7/h3-5H,7H2,1-2H3/b4-3-,6-5+. The zero-order valence-electron chi connectivity index (χ0n) is 5.22. The van der Waals surface area contributed by atoms with E-state index in [9.17, 15) is 0 Å². The topological polar surface area (TPSA) is 26.0 Å². The largest absolute Gasteiger partial charge is 0.274 e. The number of nitrogens with two attached hydrogens (primary N) is 1. The molecule has 0 amide bonds. The van der Waals surface area contributed by atoms with Crippen LogP contribution in [0.2, 0.25) is 0 Å². The molecule has 46 valence electrons. The highest BCUT2D eigenvalue weighted by Gasteiger charge is 1.76. The lowest BCUT2D eigenvalue weighted by molar-refractivity contribution is 1.64. The molecule has 2 heteroatoms. The van der Waals surface area contributed by atoms with Gasteiger partial charge in [-0.25, -0.2) is 0 Å². The number of allylic oxidation sites excluding steroid dienone is 4. The van der Waals surface area contributed by atoms with Gasteiger partial charge in [-0.15, -0.1) is 0 Å². The molecule has 0 saturated heterocycles. The van der Waals surface area contributed by atoms with Crippen molar-refractivity contribution in [1.82, 2.24) is 0 Å². The quantitative estimate of drug-likeness (QED) is 0.456. The lowest BCUT2D eigenvalue weighted by Gasteiger charge is -1.86. The third kappa shape index (κ3) is 3.96. The molecule has 1 nitrogen and oxygen atoms in total. The van der Waals surface area contributed by atoms with Gasteiger partial charge in [0, 0.05) is 0 Å². The molecule has 0 unspecified atom stereocenters. The molecule has 0 heterocycles. The van der Waals surface area contributed by atoms with Crippen LogP contribution < -0.4 is 5.14 Å². The third-order valence-corrected chi connectivity index (χ3v) is 1.22. The molecule has 0 rings (SSSR count). The Balaban J connectivity index is 3.57. The van der Waals surface area contributed by atoms with Crippen molar-refractivity contribution in [2.75, 3.05) is 0 Å². The van der Waals surface area contributed by atoms with E-state index in [1.165, 1.54) is 11.9 Å². The van der Waals surface area contributed by atoms with Gasteiger partial charge in [-0.05, 0) is 18.8 Å². The Morgan fingerprint density at radius 2 is 2.25 bits per heavy atom. The van der Waals surface area contributed by atoms with E-state index >= 15 is 0 Å². The minimum absolute atomic E-state index is 1.13. The van der Waals surface area contributed by atoms with Crippen LogP contribution in [0.1, 0.15) is 13.8 Å². The second kappa shape index (κ2) is 4.94. The Morgan fingerprint density at radius 1 is 1.62 bits per heavy atom. The Kier molecular flexibility index (Phi) is 4.81. The van der Waals surface area contributed by atoms with E-state index in [1.54, 1.807) is 0 Å². The van der Waals surface area contributed by atoms with E-state index < -0.39 is 0 Å². The molecular formula is C6H11NS. The first kappa shape index (κ1) is 7.79. The van der Waals surface area contributed by atoms with Crippen molar-refractivity contribution in [3.05, 3.63) is 23.1 Å². The van der Waals surface area contributed by atoms with Crippen LogP contribution in [-0.4, -0.2) is 0 Å². The third-order valence-electron chi connectivity index (χ3n) is 0.709. The van der Waals surface area contributed by atoms with Crippen molar-refractivity contribution in [3.63, 3.8) is 0 Å². The monoisotopic (exact) mass is 129 g/mol. The fraction of sp³-hybridized carbons (Fsp3) is 0.333. The van der Waals surface area contributed by atoms with Gasteiger partial charge in [-0.3, -0.25) is 5.14 Å². The van der Waals surface area contributed by atoms with Crippen molar-refractivity contribution in [1.29, 1.82) is 0 Å². The Labute approximate surface area is 54.8 Å². The molecule has 0 bridgehead atoms. The first-order chi connectivity index (χ1) is 3.81. The zero-order valence-corrected chi connectivity index (χ0v) is 6.03. The van der Waals surface area contributed by atoms with Gasteiger partial charge in [0.05, 0.1) is 0 Å². The Hall–Kier alpha value is -0.210. The van der Waals surface area contributed by atoms with Crippen molar-refractivity contribution in [2.45, 2.75) is 13.8 Å². The highest BCUT2D eigenvalue weighted by atomic mass is 32.2. The van der Waals surface area contributed by atoms with Crippen LogP contribution in [0, 0.1) is 0 Å². The van der Waals surface area contributed by atoms with Gasteiger partial charge in [0.25, 0.3) is 0 Å². The number of rotatable bonds is 2. The summed E-state index contributed by atoms with van der Waals surface area (Å²) >= 11 is 1.27. The maximum atomic E-state index is 5.23. The predicted molar refractivity (Wildman–Crippen MR) is 40.3 cm³/mol. The van der Waals surface area contributed by atoms with Gasteiger partial charge in [0.15, 0.2) is 0 Å². The summed E-state index contributed by atoms with van der Waals surface area (Å²) in [5.41, 5.74) is 0. The van der Waals surface area contributed by atoms with E-state index in [4.69, 9.17) is 5.14 Å². The summed E-state index contributed by atoms with van der Waals surface area (Å²) in [6.07, 6.45) is 5.92. The average Bonchev–Trinajstić information content (AvgIpc) is 1.83. The molecule has 0 spiro atoms. The van der Waals surface area contributed by atoms with Crippen LogP contribution >= 0.6 is 11.9 Å².